The minimum atomic E-state index is -0.272. The molecule has 0 unspecified atom stereocenters. The Morgan fingerprint density at radius 3 is 2.53 bits per heavy atom. The van der Waals surface area contributed by atoms with Gasteiger partial charge in [-0.3, -0.25) is 0 Å². The van der Waals surface area contributed by atoms with Crippen molar-refractivity contribution in [2.24, 2.45) is 0 Å². The SMILES string of the molecule is Cc1oc(-c2ccccc2)nc1CCOc1[c]c(CNC(=O)Nc2ccccc2)ccc1. The molecule has 1 radical (unpaired) electrons. The number of anilines is 1. The molecule has 0 aliphatic heterocycles. The number of nitrogens with one attached hydrogen (secondary N) is 2. The molecule has 0 saturated carbocycles. The molecule has 0 aliphatic carbocycles. The van der Waals surface area contributed by atoms with Crippen LogP contribution in [0.25, 0.3) is 11.5 Å². The van der Waals surface area contributed by atoms with Crippen LogP contribution in [0.3, 0.4) is 0 Å². The van der Waals surface area contributed by atoms with E-state index in [9.17, 15) is 4.79 Å². The van der Waals surface area contributed by atoms with Gasteiger partial charge in [-0.15, -0.1) is 0 Å². The van der Waals surface area contributed by atoms with Crippen LogP contribution >= 0.6 is 0 Å². The molecule has 4 rings (SSSR count). The Kier molecular flexibility index (Phi) is 6.82. The number of nitrogens with zero attached hydrogens (tertiary/aromatic N) is 1. The average Bonchev–Trinajstić information content (AvgIpc) is 3.20. The van der Waals surface area contributed by atoms with Crippen LogP contribution in [0.1, 0.15) is 17.0 Å². The number of rotatable bonds is 8. The first-order valence-electron chi connectivity index (χ1n) is 10.4. The lowest BCUT2D eigenvalue weighted by atomic mass is 10.2. The lowest BCUT2D eigenvalue weighted by molar-refractivity contribution is 0.251. The maximum absolute atomic E-state index is 12.1. The molecule has 3 aromatic carbocycles. The second-order valence-electron chi connectivity index (χ2n) is 7.20. The number of hydrogen-bond donors (Lipinski definition) is 2. The van der Waals surface area contributed by atoms with E-state index in [1.807, 2.05) is 85.8 Å². The van der Waals surface area contributed by atoms with Crippen LogP contribution < -0.4 is 15.4 Å². The van der Waals surface area contributed by atoms with Crippen molar-refractivity contribution in [3.63, 3.8) is 0 Å². The number of aryl methyl sites for hydroxylation is 1. The first kappa shape index (κ1) is 21.2. The van der Waals surface area contributed by atoms with Crippen LogP contribution in [0.4, 0.5) is 10.5 Å². The maximum atomic E-state index is 12.1. The molecule has 4 aromatic rings. The molecule has 0 aliphatic rings. The molecule has 0 saturated heterocycles. The molecule has 32 heavy (non-hydrogen) atoms. The molecule has 161 valence electrons. The van der Waals surface area contributed by atoms with Gasteiger partial charge in [0.2, 0.25) is 5.89 Å². The number of hydrogen-bond acceptors (Lipinski definition) is 4. The molecule has 0 atom stereocenters. The van der Waals surface area contributed by atoms with Crippen LogP contribution in [0.2, 0.25) is 0 Å². The summed E-state index contributed by atoms with van der Waals surface area (Å²) >= 11 is 0. The monoisotopic (exact) mass is 426 g/mol. The van der Waals surface area contributed by atoms with Gasteiger partial charge in [-0.1, -0.05) is 48.5 Å². The summed E-state index contributed by atoms with van der Waals surface area (Å²) in [4.78, 5) is 16.7. The van der Waals surface area contributed by atoms with E-state index >= 15 is 0 Å². The Morgan fingerprint density at radius 1 is 1.00 bits per heavy atom. The minimum absolute atomic E-state index is 0.272. The van der Waals surface area contributed by atoms with Gasteiger partial charge in [0.25, 0.3) is 0 Å². The van der Waals surface area contributed by atoms with E-state index < -0.39 is 0 Å². The number of oxazole rings is 1. The van der Waals surface area contributed by atoms with E-state index in [-0.39, 0.29) is 6.03 Å². The first-order chi connectivity index (χ1) is 15.7. The van der Waals surface area contributed by atoms with Gasteiger partial charge in [0.05, 0.1) is 12.3 Å². The first-order valence-corrected chi connectivity index (χ1v) is 10.4. The standard InChI is InChI=1S/C26H24N3O3/c1-19-24(29-25(32-19)21-10-4-2-5-11-21)15-16-31-23-14-8-9-20(17-23)18-27-26(30)28-22-12-6-3-7-13-22/h2-14H,15-16,18H2,1H3,(H2,27,28,30). The highest BCUT2D eigenvalue weighted by Crippen LogP contribution is 2.22. The fraction of sp³-hybridized carbons (Fsp3) is 0.154. The molecule has 0 bridgehead atoms. The van der Waals surface area contributed by atoms with Gasteiger partial charge < -0.3 is 19.8 Å². The number of carbonyl (C=O) groups is 1. The third-order valence-corrected chi connectivity index (χ3v) is 4.81. The third-order valence-electron chi connectivity index (χ3n) is 4.81. The number of ether oxygens (including phenoxy) is 1. The lowest BCUT2D eigenvalue weighted by Crippen LogP contribution is -2.28. The minimum Gasteiger partial charge on any atom is -0.493 e. The Bertz CT molecular complexity index is 1160. The summed E-state index contributed by atoms with van der Waals surface area (Å²) in [6, 6.07) is 27.7. The van der Waals surface area contributed by atoms with Crippen LogP contribution in [0.5, 0.6) is 5.75 Å². The van der Waals surface area contributed by atoms with Gasteiger partial charge in [0, 0.05) is 30.3 Å². The molecular weight excluding hydrogens is 402 g/mol. The number of urea groups is 1. The van der Waals surface area contributed by atoms with Gasteiger partial charge in [0.15, 0.2) is 0 Å². The molecule has 1 heterocycles. The summed E-state index contributed by atoms with van der Waals surface area (Å²) in [5, 5.41) is 5.61. The predicted octanol–water partition coefficient (Wildman–Crippen LogP) is 5.39. The third kappa shape index (κ3) is 5.76. The smallest absolute Gasteiger partial charge is 0.319 e. The highest BCUT2D eigenvalue weighted by molar-refractivity contribution is 5.89. The van der Waals surface area contributed by atoms with E-state index in [2.05, 4.69) is 21.7 Å². The van der Waals surface area contributed by atoms with Gasteiger partial charge >= 0.3 is 6.03 Å². The highest BCUT2D eigenvalue weighted by Gasteiger charge is 2.11. The zero-order chi connectivity index (χ0) is 22.2. The normalized spacial score (nSPS) is 10.5. The van der Waals surface area contributed by atoms with Crippen molar-refractivity contribution in [2.45, 2.75) is 19.9 Å². The highest BCUT2D eigenvalue weighted by atomic mass is 16.5. The van der Waals surface area contributed by atoms with Crippen LogP contribution in [0, 0.1) is 13.0 Å². The molecule has 2 amide bonds. The number of carbonyl (C=O) groups excluding carboxylic acids is 1. The average molecular weight is 426 g/mol. The van der Waals surface area contributed by atoms with Crippen molar-refractivity contribution >= 4 is 11.7 Å². The molecule has 0 fully saturated rings. The fourth-order valence-electron chi connectivity index (χ4n) is 3.17. The summed E-state index contributed by atoms with van der Waals surface area (Å²) in [7, 11) is 0. The van der Waals surface area contributed by atoms with Crippen molar-refractivity contribution in [1.29, 1.82) is 0 Å². The maximum Gasteiger partial charge on any atom is 0.319 e. The molecule has 6 heteroatoms. The lowest BCUT2D eigenvalue weighted by Gasteiger charge is -2.09. The Labute approximate surface area is 187 Å². The number of para-hydroxylation sites is 1. The van der Waals surface area contributed by atoms with E-state index in [1.165, 1.54) is 0 Å². The van der Waals surface area contributed by atoms with Crippen molar-refractivity contribution in [1.82, 2.24) is 10.3 Å². The summed E-state index contributed by atoms with van der Waals surface area (Å²) in [5.41, 5.74) is 3.39. The Hall–Kier alpha value is -4.06. The fourth-order valence-corrected chi connectivity index (χ4v) is 3.17. The number of amides is 2. The number of aromatic nitrogens is 1. The quantitative estimate of drug-likeness (QED) is 0.396. The predicted molar refractivity (Wildman–Crippen MR) is 123 cm³/mol. The molecular formula is C26H24N3O3. The van der Waals surface area contributed by atoms with Crippen molar-refractivity contribution in [3.05, 3.63) is 102 Å². The van der Waals surface area contributed by atoms with Gasteiger partial charge in [-0.2, -0.15) is 0 Å². The largest absolute Gasteiger partial charge is 0.493 e. The van der Waals surface area contributed by atoms with Gasteiger partial charge in [-0.05, 0) is 42.8 Å². The van der Waals surface area contributed by atoms with Crippen LogP contribution in [-0.4, -0.2) is 17.6 Å². The van der Waals surface area contributed by atoms with Crippen molar-refractivity contribution in [3.8, 4) is 17.2 Å². The Balaban J connectivity index is 1.27. The zero-order valence-corrected chi connectivity index (χ0v) is 17.8. The van der Waals surface area contributed by atoms with Crippen LogP contribution in [0.15, 0.2) is 83.3 Å². The van der Waals surface area contributed by atoms with Crippen LogP contribution in [-0.2, 0) is 13.0 Å². The molecule has 0 spiro atoms. The Morgan fingerprint density at radius 2 is 1.75 bits per heavy atom. The summed E-state index contributed by atoms with van der Waals surface area (Å²) in [6.45, 7) is 2.70. The van der Waals surface area contributed by atoms with Crippen molar-refractivity contribution < 1.29 is 13.9 Å². The summed E-state index contributed by atoms with van der Waals surface area (Å²) in [6.07, 6.45) is 0.623. The van der Waals surface area contributed by atoms with Crippen molar-refractivity contribution in [2.75, 3.05) is 11.9 Å². The summed E-state index contributed by atoms with van der Waals surface area (Å²) in [5.74, 6) is 2.03. The van der Waals surface area contributed by atoms with E-state index in [1.54, 1.807) is 0 Å². The van der Waals surface area contributed by atoms with Gasteiger partial charge in [0.1, 0.15) is 11.5 Å². The molecule has 2 N–H and O–H groups in total. The zero-order valence-electron chi connectivity index (χ0n) is 17.8. The van der Waals surface area contributed by atoms with E-state index in [0.29, 0.717) is 31.2 Å². The second kappa shape index (κ2) is 10.3. The topological polar surface area (TPSA) is 76.4 Å². The van der Waals surface area contributed by atoms with E-state index in [4.69, 9.17) is 9.15 Å². The molecule has 6 nitrogen and oxygen atoms in total. The molecule has 1 aromatic heterocycles. The second-order valence-corrected chi connectivity index (χ2v) is 7.20. The summed E-state index contributed by atoms with van der Waals surface area (Å²) < 4.78 is 11.7. The van der Waals surface area contributed by atoms with E-state index in [0.717, 1.165) is 28.3 Å². The van der Waals surface area contributed by atoms with Gasteiger partial charge in [-0.25, -0.2) is 9.78 Å². The number of benzene rings is 3.